The van der Waals surface area contributed by atoms with Crippen molar-refractivity contribution >= 4 is 17.6 Å². The standard InChI is InChI=1S/C13H16ClNO2/c1-15-7-6-10(13(16)17)8-12(15)9-2-4-11(14)5-3-9/h2-5,10,12H,6-8H2,1H3,(H,16,17). The summed E-state index contributed by atoms with van der Waals surface area (Å²) in [7, 11) is 2.04. The number of aliphatic carboxylic acids is 1. The van der Waals surface area contributed by atoms with E-state index in [0.717, 1.165) is 18.5 Å². The van der Waals surface area contributed by atoms with Gasteiger partial charge in [0, 0.05) is 11.1 Å². The lowest BCUT2D eigenvalue weighted by atomic mass is 9.87. The molecular formula is C13H16ClNO2. The van der Waals surface area contributed by atoms with Gasteiger partial charge in [0.15, 0.2) is 0 Å². The normalized spacial score (nSPS) is 25.8. The Hall–Kier alpha value is -1.06. The van der Waals surface area contributed by atoms with Crippen molar-refractivity contribution in [3.63, 3.8) is 0 Å². The molecular weight excluding hydrogens is 238 g/mol. The van der Waals surface area contributed by atoms with Crippen LogP contribution in [0.15, 0.2) is 24.3 Å². The van der Waals surface area contributed by atoms with Crippen molar-refractivity contribution < 1.29 is 9.90 Å². The molecule has 0 saturated carbocycles. The van der Waals surface area contributed by atoms with Gasteiger partial charge in [-0.05, 0) is 44.1 Å². The van der Waals surface area contributed by atoms with Crippen LogP contribution in [-0.2, 0) is 4.79 Å². The van der Waals surface area contributed by atoms with Crippen LogP contribution in [0.2, 0.25) is 5.02 Å². The molecule has 1 saturated heterocycles. The lowest BCUT2D eigenvalue weighted by molar-refractivity contribution is -0.144. The molecule has 1 heterocycles. The summed E-state index contributed by atoms with van der Waals surface area (Å²) < 4.78 is 0. The summed E-state index contributed by atoms with van der Waals surface area (Å²) in [6.45, 7) is 0.824. The number of carboxylic acids is 1. The molecule has 4 heteroatoms. The molecule has 0 aliphatic carbocycles. The number of carboxylic acid groups (broad SMARTS) is 1. The van der Waals surface area contributed by atoms with E-state index >= 15 is 0 Å². The second-order valence-corrected chi connectivity index (χ2v) is 5.04. The van der Waals surface area contributed by atoms with Crippen LogP contribution in [0.4, 0.5) is 0 Å². The van der Waals surface area contributed by atoms with Crippen molar-refractivity contribution in [3.05, 3.63) is 34.9 Å². The number of hydrogen-bond acceptors (Lipinski definition) is 2. The van der Waals surface area contributed by atoms with Crippen molar-refractivity contribution in [3.8, 4) is 0 Å². The Bertz CT molecular complexity index is 404. The first kappa shape index (κ1) is 12.4. The Balaban J connectivity index is 2.17. The van der Waals surface area contributed by atoms with Gasteiger partial charge in [0.05, 0.1) is 5.92 Å². The molecule has 3 nitrogen and oxygen atoms in total. The minimum absolute atomic E-state index is 0.183. The molecule has 0 bridgehead atoms. The summed E-state index contributed by atoms with van der Waals surface area (Å²) in [6.07, 6.45) is 1.41. The van der Waals surface area contributed by atoms with Gasteiger partial charge in [0.25, 0.3) is 0 Å². The lowest BCUT2D eigenvalue weighted by Crippen LogP contribution is -2.36. The summed E-state index contributed by atoms with van der Waals surface area (Å²) in [6, 6.07) is 7.85. The van der Waals surface area contributed by atoms with Crippen molar-refractivity contribution in [1.82, 2.24) is 4.90 Å². The molecule has 92 valence electrons. The maximum absolute atomic E-state index is 11.1. The highest BCUT2D eigenvalue weighted by atomic mass is 35.5. The number of rotatable bonds is 2. The molecule has 1 aliphatic rings. The highest BCUT2D eigenvalue weighted by Crippen LogP contribution is 2.33. The second kappa shape index (κ2) is 5.07. The van der Waals surface area contributed by atoms with Gasteiger partial charge in [0.1, 0.15) is 0 Å². The van der Waals surface area contributed by atoms with E-state index in [1.807, 2.05) is 31.3 Å². The van der Waals surface area contributed by atoms with Crippen molar-refractivity contribution in [2.45, 2.75) is 18.9 Å². The molecule has 2 unspecified atom stereocenters. The van der Waals surface area contributed by atoms with Crippen molar-refractivity contribution in [1.29, 1.82) is 0 Å². The van der Waals surface area contributed by atoms with Gasteiger partial charge < -0.3 is 5.11 Å². The highest BCUT2D eigenvalue weighted by molar-refractivity contribution is 6.30. The molecule has 17 heavy (non-hydrogen) atoms. The minimum Gasteiger partial charge on any atom is -0.481 e. The van der Waals surface area contributed by atoms with Crippen LogP contribution >= 0.6 is 11.6 Å². The number of benzene rings is 1. The SMILES string of the molecule is CN1CCC(C(=O)O)CC1c1ccc(Cl)cc1. The Morgan fingerprint density at radius 2 is 2.06 bits per heavy atom. The van der Waals surface area contributed by atoms with Crippen LogP contribution < -0.4 is 0 Å². The summed E-state index contributed by atoms with van der Waals surface area (Å²) in [5.41, 5.74) is 1.14. The third-order valence-corrected chi connectivity index (χ3v) is 3.73. The minimum atomic E-state index is -0.683. The van der Waals surface area contributed by atoms with E-state index in [-0.39, 0.29) is 12.0 Å². The number of nitrogens with zero attached hydrogens (tertiary/aromatic N) is 1. The quantitative estimate of drug-likeness (QED) is 0.881. The topological polar surface area (TPSA) is 40.5 Å². The zero-order valence-electron chi connectivity index (χ0n) is 9.77. The fraction of sp³-hybridized carbons (Fsp3) is 0.462. The largest absolute Gasteiger partial charge is 0.481 e. The second-order valence-electron chi connectivity index (χ2n) is 4.61. The molecule has 1 aromatic rings. The lowest BCUT2D eigenvalue weighted by Gasteiger charge is -2.35. The highest BCUT2D eigenvalue weighted by Gasteiger charge is 2.30. The van der Waals surface area contributed by atoms with Crippen molar-refractivity contribution in [2.75, 3.05) is 13.6 Å². The summed E-state index contributed by atoms with van der Waals surface area (Å²) in [4.78, 5) is 13.3. The van der Waals surface area contributed by atoms with Crippen LogP contribution in [0.3, 0.4) is 0 Å². The van der Waals surface area contributed by atoms with Gasteiger partial charge in [0.2, 0.25) is 0 Å². The van der Waals surface area contributed by atoms with Crippen LogP contribution in [0.25, 0.3) is 0 Å². The zero-order chi connectivity index (χ0) is 12.4. The van der Waals surface area contributed by atoms with E-state index in [1.54, 1.807) is 0 Å². The molecule has 1 N–H and O–H groups in total. The predicted molar refractivity (Wildman–Crippen MR) is 67.2 cm³/mol. The fourth-order valence-corrected chi connectivity index (χ4v) is 2.51. The van der Waals surface area contributed by atoms with Crippen LogP contribution in [-0.4, -0.2) is 29.6 Å². The number of halogens is 1. The molecule has 1 aromatic carbocycles. The first-order chi connectivity index (χ1) is 8.08. The van der Waals surface area contributed by atoms with Gasteiger partial charge in [-0.15, -0.1) is 0 Å². The number of piperidine rings is 1. The maximum Gasteiger partial charge on any atom is 0.306 e. The third-order valence-electron chi connectivity index (χ3n) is 3.47. The van der Waals surface area contributed by atoms with Gasteiger partial charge in [-0.3, -0.25) is 9.69 Å². The molecule has 0 aromatic heterocycles. The molecule has 0 radical (unpaired) electrons. The fourth-order valence-electron chi connectivity index (χ4n) is 2.38. The molecule has 1 fully saturated rings. The summed E-state index contributed by atoms with van der Waals surface area (Å²) >= 11 is 5.86. The predicted octanol–water partition coefficient (Wildman–Crippen LogP) is 2.81. The zero-order valence-corrected chi connectivity index (χ0v) is 10.5. The van der Waals surface area contributed by atoms with E-state index in [9.17, 15) is 4.79 Å². The molecule has 1 aliphatic heterocycles. The summed E-state index contributed by atoms with van der Waals surface area (Å²) in [5.74, 6) is -0.913. The Kier molecular flexibility index (Phi) is 3.69. The Labute approximate surface area is 106 Å². The monoisotopic (exact) mass is 253 g/mol. The maximum atomic E-state index is 11.1. The number of carbonyl (C=O) groups is 1. The van der Waals surface area contributed by atoms with Gasteiger partial charge in [-0.1, -0.05) is 23.7 Å². The van der Waals surface area contributed by atoms with E-state index in [0.29, 0.717) is 11.4 Å². The molecule has 2 atom stereocenters. The van der Waals surface area contributed by atoms with Crippen molar-refractivity contribution in [2.24, 2.45) is 5.92 Å². The third kappa shape index (κ3) is 2.79. The van der Waals surface area contributed by atoms with E-state index in [1.165, 1.54) is 0 Å². The first-order valence-electron chi connectivity index (χ1n) is 5.76. The average Bonchev–Trinajstić information content (AvgIpc) is 2.31. The molecule has 0 spiro atoms. The van der Waals surface area contributed by atoms with Crippen LogP contribution in [0, 0.1) is 5.92 Å². The Morgan fingerprint density at radius 3 is 2.65 bits per heavy atom. The smallest absolute Gasteiger partial charge is 0.306 e. The van der Waals surface area contributed by atoms with E-state index < -0.39 is 5.97 Å². The molecule has 2 rings (SSSR count). The number of likely N-dealkylation sites (tertiary alicyclic amines) is 1. The Morgan fingerprint density at radius 1 is 1.41 bits per heavy atom. The first-order valence-corrected chi connectivity index (χ1v) is 6.14. The van der Waals surface area contributed by atoms with Gasteiger partial charge in [-0.25, -0.2) is 0 Å². The summed E-state index contributed by atoms with van der Waals surface area (Å²) in [5, 5.41) is 9.80. The van der Waals surface area contributed by atoms with Crippen LogP contribution in [0.1, 0.15) is 24.4 Å². The number of hydrogen-bond donors (Lipinski definition) is 1. The van der Waals surface area contributed by atoms with Crippen LogP contribution in [0.5, 0.6) is 0 Å². The van der Waals surface area contributed by atoms with Gasteiger partial charge in [-0.2, -0.15) is 0 Å². The molecule has 0 amide bonds. The van der Waals surface area contributed by atoms with E-state index in [2.05, 4.69) is 4.90 Å². The van der Waals surface area contributed by atoms with E-state index in [4.69, 9.17) is 16.7 Å². The van der Waals surface area contributed by atoms with Gasteiger partial charge >= 0.3 is 5.97 Å². The average molecular weight is 254 g/mol.